The molecule has 1 N–H and O–H groups in total. The number of nitrogens with zero attached hydrogens (tertiary/aromatic N) is 2. The van der Waals surface area contributed by atoms with Crippen molar-refractivity contribution in [2.75, 3.05) is 0 Å². The lowest BCUT2D eigenvalue weighted by molar-refractivity contribution is 0.322. The second-order valence-electron chi connectivity index (χ2n) is 6.98. The van der Waals surface area contributed by atoms with Crippen molar-refractivity contribution >= 4 is 28.0 Å². The molecule has 0 saturated heterocycles. The summed E-state index contributed by atoms with van der Waals surface area (Å²) in [6, 6.07) is 21.9. The van der Waals surface area contributed by atoms with Gasteiger partial charge in [0.05, 0.1) is 18.3 Å². The fourth-order valence-corrected chi connectivity index (χ4v) is 3.64. The first-order valence-corrected chi connectivity index (χ1v) is 9.35. The molecule has 5 aromatic rings. The third-order valence-corrected chi connectivity index (χ3v) is 5.05. The maximum Gasteiger partial charge on any atom is 0.227 e. The fourth-order valence-electron chi connectivity index (χ4n) is 3.64. The molecule has 5 rings (SSSR count). The van der Waals surface area contributed by atoms with E-state index in [1.165, 1.54) is 6.21 Å². The Hall–Kier alpha value is -3.86. The molecule has 0 fully saturated rings. The molecule has 0 spiro atoms. The summed E-state index contributed by atoms with van der Waals surface area (Å²) >= 11 is 0. The number of hydrogen-bond donors (Lipinski definition) is 1. The smallest absolute Gasteiger partial charge is 0.227 e. The van der Waals surface area contributed by atoms with Crippen molar-refractivity contribution < 1.29 is 14.0 Å². The van der Waals surface area contributed by atoms with Gasteiger partial charge in [-0.15, -0.1) is 0 Å². The quantitative estimate of drug-likeness (QED) is 0.237. The summed E-state index contributed by atoms with van der Waals surface area (Å²) in [5, 5.41) is 15.0. The van der Waals surface area contributed by atoms with Gasteiger partial charge in [-0.05, 0) is 53.6 Å². The first-order chi connectivity index (χ1) is 14.2. The first-order valence-electron chi connectivity index (χ1n) is 9.35. The number of furan rings is 1. The van der Waals surface area contributed by atoms with Crippen molar-refractivity contribution in [1.82, 2.24) is 4.98 Å². The minimum atomic E-state index is 0.540. The Labute approximate surface area is 166 Å². The SMILES string of the molecule is Cc1oc(-c2cccc3ccccc23)nc1Cc1cc2cc(/C=N/O)ccc2o1. The van der Waals surface area contributed by atoms with Crippen LogP contribution in [0.15, 0.2) is 80.7 Å². The van der Waals surface area contributed by atoms with Crippen molar-refractivity contribution in [2.45, 2.75) is 13.3 Å². The van der Waals surface area contributed by atoms with Gasteiger partial charge in [-0.25, -0.2) is 4.98 Å². The number of fused-ring (bicyclic) bond motifs is 2. The highest BCUT2D eigenvalue weighted by atomic mass is 16.4. The van der Waals surface area contributed by atoms with Crippen LogP contribution in [0.25, 0.3) is 33.2 Å². The third kappa shape index (κ3) is 3.17. The fraction of sp³-hybridized carbons (Fsp3) is 0.0833. The second kappa shape index (κ2) is 6.95. The number of hydrogen-bond acceptors (Lipinski definition) is 5. The Morgan fingerprint density at radius 1 is 0.966 bits per heavy atom. The Morgan fingerprint density at radius 2 is 1.83 bits per heavy atom. The maximum atomic E-state index is 8.71. The van der Waals surface area contributed by atoms with Gasteiger partial charge in [0.25, 0.3) is 0 Å². The Morgan fingerprint density at radius 3 is 2.72 bits per heavy atom. The van der Waals surface area contributed by atoms with Crippen molar-refractivity contribution in [1.29, 1.82) is 0 Å². The van der Waals surface area contributed by atoms with Crippen LogP contribution >= 0.6 is 0 Å². The Balaban J connectivity index is 1.50. The predicted octanol–water partition coefficient (Wildman–Crippen LogP) is 5.95. The molecular weight excluding hydrogens is 364 g/mol. The van der Waals surface area contributed by atoms with Gasteiger partial charge in [-0.3, -0.25) is 0 Å². The van der Waals surface area contributed by atoms with Crippen LogP contribution in [0.2, 0.25) is 0 Å². The highest BCUT2D eigenvalue weighted by Crippen LogP contribution is 2.30. The molecule has 5 nitrogen and oxygen atoms in total. The molecule has 0 bridgehead atoms. The summed E-state index contributed by atoms with van der Waals surface area (Å²) < 4.78 is 12.0. The number of aromatic nitrogens is 1. The van der Waals surface area contributed by atoms with E-state index in [0.29, 0.717) is 12.3 Å². The average Bonchev–Trinajstić information content (AvgIpc) is 3.30. The zero-order chi connectivity index (χ0) is 19.8. The van der Waals surface area contributed by atoms with Crippen molar-refractivity contribution in [2.24, 2.45) is 5.16 Å². The third-order valence-electron chi connectivity index (χ3n) is 5.05. The van der Waals surface area contributed by atoms with E-state index >= 15 is 0 Å². The lowest BCUT2D eigenvalue weighted by Gasteiger charge is -2.02. The van der Waals surface area contributed by atoms with Crippen molar-refractivity contribution in [3.8, 4) is 11.5 Å². The van der Waals surface area contributed by atoms with Crippen LogP contribution in [0, 0.1) is 6.92 Å². The van der Waals surface area contributed by atoms with E-state index in [1.54, 1.807) is 0 Å². The lowest BCUT2D eigenvalue weighted by atomic mass is 10.0. The standard InChI is InChI=1S/C24H18N2O3/c1-15-22(13-19-12-18-11-16(14-25-27)9-10-23(18)29-19)26-24(28-15)21-8-4-6-17-5-2-3-7-20(17)21/h2-12,14,27H,13H2,1H3/b25-14+. The van der Waals surface area contributed by atoms with E-state index in [2.05, 4.69) is 23.4 Å². The molecule has 0 atom stereocenters. The summed E-state index contributed by atoms with van der Waals surface area (Å²) in [4.78, 5) is 4.76. The zero-order valence-corrected chi connectivity index (χ0v) is 15.8. The number of rotatable bonds is 4. The van der Waals surface area contributed by atoms with Crippen molar-refractivity contribution in [3.63, 3.8) is 0 Å². The van der Waals surface area contributed by atoms with Gasteiger partial charge in [0.15, 0.2) is 0 Å². The van der Waals surface area contributed by atoms with Gasteiger partial charge >= 0.3 is 0 Å². The van der Waals surface area contributed by atoms with Gasteiger partial charge in [-0.1, -0.05) is 41.6 Å². The normalized spacial score (nSPS) is 11.8. The summed E-state index contributed by atoms with van der Waals surface area (Å²) in [5.41, 5.74) is 3.42. The molecule has 2 heterocycles. The molecule has 0 saturated carbocycles. The molecule has 29 heavy (non-hydrogen) atoms. The zero-order valence-electron chi connectivity index (χ0n) is 15.8. The number of benzene rings is 3. The lowest BCUT2D eigenvalue weighted by Crippen LogP contribution is -1.89. The number of oxime groups is 1. The van der Waals surface area contributed by atoms with Gasteiger partial charge < -0.3 is 14.0 Å². The highest BCUT2D eigenvalue weighted by molar-refractivity contribution is 5.94. The van der Waals surface area contributed by atoms with E-state index < -0.39 is 0 Å². The average molecular weight is 382 g/mol. The van der Waals surface area contributed by atoms with Crippen LogP contribution in [0.1, 0.15) is 22.8 Å². The van der Waals surface area contributed by atoms with Crippen LogP contribution in [0.4, 0.5) is 0 Å². The topological polar surface area (TPSA) is 71.8 Å². The Kier molecular flexibility index (Phi) is 4.13. The summed E-state index contributed by atoms with van der Waals surface area (Å²) in [6.45, 7) is 1.93. The van der Waals surface area contributed by atoms with Gasteiger partial charge in [0.2, 0.25) is 5.89 Å². The molecule has 0 amide bonds. The van der Waals surface area contributed by atoms with Crippen molar-refractivity contribution in [3.05, 3.63) is 89.5 Å². The molecule has 0 aliphatic carbocycles. The van der Waals surface area contributed by atoms with Crippen LogP contribution in [0.3, 0.4) is 0 Å². The van der Waals surface area contributed by atoms with E-state index in [1.807, 2.05) is 55.5 Å². The number of oxazole rings is 1. The predicted molar refractivity (Wildman–Crippen MR) is 113 cm³/mol. The number of aryl methyl sites for hydroxylation is 1. The maximum absolute atomic E-state index is 8.71. The van der Waals surface area contributed by atoms with Crippen LogP contribution in [-0.2, 0) is 6.42 Å². The molecule has 0 aliphatic rings. The molecule has 3 aromatic carbocycles. The minimum absolute atomic E-state index is 0.540. The van der Waals surface area contributed by atoms with Crippen LogP contribution < -0.4 is 0 Å². The molecular formula is C24H18N2O3. The Bertz CT molecular complexity index is 1360. The van der Waals surface area contributed by atoms with Crippen LogP contribution in [0.5, 0.6) is 0 Å². The van der Waals surface area contributed by atoms with Crippen LogP contribution in [-0.4, -0.2) is 16.4 Å². The van der Waals surface area contributed by atoms with Gasteiger partial charge in [-0.2, -0.15) is 0 Å². The minimum Gasteiger partial charge on any atom is -0.461 e. The second-order valence-corrected chi connectivity index (χ2v) is 6.98. The molecule has 5 heteroatoms. The molecule has 0 aliphatic heterocycles. The molecule has 2 aromatic heterocycles. The molecule has 0 radical (unpaired) electrons. The highest BCUT2D eigenvalue weighted by Gasteiger charge is 2.16. The van der Waals surface area contributed by atoms with E-state index in [9.17, 15) is 0 Å². The monoisotopic (exact) mass is 382 g/mol. The van der Waals surface area contributed by atoms with Gasteiger partial charge in [0.1, 0.15) is 17.1 Å². The largest absolute Gasteiger partial charge is 0.461 e. The summed E-state index contributed by atoms with van der Waals surface area (Å²) in [5.74, 6) is 2.20. The molecule has 142 valence electrons. The van der Waals surface area contributed by atoms with E-state index in [-0.39, 0.29) is 0 Å². The summed E-state index contributed by atoms with van der Waals surface area (Å²) in [6.07, 6.45) is 1.93. The van der Waals surface area contributed by atoms with E-state index in [0.717, 1.165) is 50.1 Å². The first kappa shape index (κ1) is 17.3. The van der Waals surface area contributed by atoms with Gasteiger partial charge in [0, 0.05) is 10.9 Å². The summed E-state index contributed by atoms with van der Waals surface area (Å²) in [7, 11) is 0. The van der Waals surface area contributed by atoms with E-state index in [4.69, 9.17) is 19.0 Å². The molecule has 0 unspecified atom stereocenters.